The van der Waals surface area contributed by atoms with E-state index < -0.39 is 10.0 Å². The van der Waals surface area contributed by atoms with Gasteiger partial charge >= 0.3 is 0 Å². The third-order valence-corrected chi connectivity index (χ3v) is 6.17. The first-order valence-electron chi connectivity index (χ1n) is 9.03. The Kier molecular flexibility index (Phi) is 8.77. The van der Waals surface area contributed by atoms with Crippen LogP contribution in [0.4, 0.5) is 0 Å². The minimum absolute atomic E-state index is 0.0342. The number of hydrogen-bond donors (Lipinski definition) is 2. The van der Waals surface area contributed by atoms with Crippen LogP contribution in [0.1, 0.15) is 17.4 Å². The van der Waals surface area contributed by atoms with Crippen molar-refractivity contribution in [1.82, 2.24) is 14.9 Å². The fraction of sp³-hybridized carbons (Fsp3) is 0.421. The van der Waals surface area contributed by atoms with Crippen molar-refractivity contribution >= 4 is 27.3 Å². The van der Waals surface area contributed by atoms with Gasteiger partial charge in [0.05, 0.1) is 12.3 Å². The third kappa shape index (κ3) is 8.11. The quantitative estimate of drug-likeness (QED) is 0.467. The summed E-state index contributed by atoms with van der Waals surface area (Å²) >= 11 is 1.74. The molecule has 0 amide bonds. The Bertz CT molecular complexity index is 790. The van der Waals surface area contributed by atoms with E-state index in [4.69, 9.17) is 0 Å². The van der Waals surface area contributed by atoms with Crippen LogP contribution in [0.25, 0.3) is 0 Å². The van der Waals surface area contributed by atoms with E-state index in [2.05, 4.69) is 26.5 Å². The molecule has 8 heteroatoms. The lowest BCUT2D eigenvalue weighted by atomic mass is 10.2. The summed E-state index contributed by atoms with van der Waals surface area (Å²) < 4.78 is 27.0. The number of sulfonamides is 1. The number of likely N-dealkylation sites (N-methyl/N-ethyl adjacent to an activating group) is 1. The molecular formula is C19H28N4O2S2. The van der Waals surface area contributed by atoms with E-state index in [0.717, 1.165) is 31.0 Å². The smallest absolute Gasteiger partial charge is 0.213 e. The molecule has 0 saturated heterocycles. The second kappa shape index (κ2) is 11.1. The highest BCUT2D eigenvalue weighted by Crippen LogP contribution is 2.09. The van der Waals surface area contributed by atoms with Crippen molar-refractivity contribution in [2.24, 2.45) is 4.99 Å². The summed E-state index contributed by atoms with van der Waals surface area (Å²) in [5.41, 5.74) is 0.936. The first-order chi connectivity index (χ1) is 13.0. The van der Waals surface area contributed by atoms with Crippen LogP contribution in [0, 0.1) is 0 Å². The fourth-order valence-corrected chi connectivity index (χ4v) is 4.00. The first-order valence-corrected chi connectivity index (χ1v) is 11.6. The number of guanidine groups is 1. The van der Waals surface area contributed by atoms with Gasteiger partial charge in [-0.1, -0.05) is 36.4 Å². The zero-order valence-electron chi connectivity index (χ0n) is 15.9. The van der Waals surface area contributed by atoms with E-state index in [-0.39, 0.29) is 12.3 Å². The molecule has 2 aromatic rings. The third-order valence-electron chi connectivity index (χ3n) is 3.93. The van der Waals surface area contributed by atoms with Crippen LogP contribution >= 0.6 is 11.3 Å². The van der Waals surface area contributed by atoms with Gasteiger partial charge < -0.3 is 10.2 Å². The second-order valence-corrected chi connectivity index (χ2v) is 9.07. The molecule has 0 fully saturated rings. The van der Waals surface area contributed by atoms with E-state index in [0.29, 0.717) is 6.54 Å². The molecule has 0 spiro atoms. The summed E-state index contributed by atoms with van der Waals surface area (Å²) in [6.07, 6.45) is 0.940. The van der Waals surface area contributed by atoms with Crippen LogP contribution in [0.3, 0.4) is 0 Å². The van der Waals surface area contributed by atoms with E-state index >= 15 is 0 Å². The van der Waals surface area contributed by atoms with Crippen molar-refractivity contribution in [3.05, 3.63) is 58.3 Å². The average molecular weight is 409 g/mol. The standard InChI is InChI=1S/C19H28N4O2S2/c1-3-20-19(23(2)13-11-18-10-7-14-26-18)21-12-15-27(24,25)22-16-17-8-5-4-6-9-17/h4-10,14,22H,3,11-13,15-16H2,1-2H3,(H,20,21). The van der Waals surface area contributed by atoms with Gasteiger partial charge in [0.2, 0.25) is 10.0 Å². The minimum Gasteiger partial charge on any atom is -0.357 e. The molecule has 1 heterocycles. The fourth-order valence-electron chi connectivity index (χ4n) is 2.44. The Balaban J connectivity index is 1.83. The molecule has 2 rings (SSSR count). The molecule has 0 bridgehead atoms. The van der Waals surface area contributed by atoms with Gasteiger partial charge in [-0.25, -0.2) is 13.1 Å². The molecule has 0 aliphatic carbocycles. The number of thiophene rings is 1. The van der Waals surface area contributed by atoms with Gasteiger partial charge in [0.25, 0.3) is 0 Å². The molecule has 0 atom stereocenters. The molecule has 0 radical (unpaired) electrons. The SMILES string of the molecule is CCNC(=NCCS(=O)(=O)NCc1ccccc1)N(C)CCc1cccs1. The van der Waals surface area contributed by atoms with E-state index in [1.54, 1.807) is 11.3 Å². The van der Waals surface area contributed by atoms with Crippen molar-refractivity contribution < 1.29 is 8.42 Å². The summed E-state index contributed by atoms with van der Waals surface area (Å²) in [6, 6.07) is 13.6. The molecule has 2 N–H and O–H groups in total. The number of benzene rings is 1. The highest BCUT2D eigenvalue weighted by molar-refractivity contribution is 7.89. The molecule has 1 aromatic heterocycles. The maximum atomic E-state index is 12.2. The number of nitrogens with one attached hydrogen (secondary N) is 2. The monoisotopic (exact) mass is 408 g/mol. The van der Waals surface area contributed by atoms with Gasteiger partial charge in [-0.3, -0.25) is 4.99 Å². The van der Waals surface area contributed by atoms with Crippen molar-refractivity contribution in [3.8, 4) is 0 Å². The molecule has 0 saturated carbocycles. The van der Waals surface area contributed by atoms with Crippen LogP contribution in [0.5, 0.6) is 0 Å². The van der Waals surface area contributed by atoms with Crippen LogP contribution in [0.15, 0.2) is 52.8 Å². The zero-order valence-corrected chi connectivity index (χ0v) is 17.5. The molecular weight excluding hydrogens is 380 g/mol. The lowest BCUT2D eigenvalue weighted by Crippen LogP contribution is -2.40. The molecule has 0 aliphatic rings. The summed E-state index contributed by atoms with van der Waals surface area (Å²) in [5.74, 6) is 0.695. The second-order valence-electron chi connectivity index (χ2n) is 6.11. The number of hydrogen-bond acceptors (Lipinski definition) is 4. The first kappa shape index (κ1) is 21.4. The van der Waals surface area contributed by atoms with E-state index in [1.807, 2.05) is 55.3 Å². The van der Waals surface area contributed by atoms with Gasteiger partial charge in [-0.15, -0.1) is 11.3 Å². The maximum absolute atomic E-state index is 12.2. The Hall–Kier alpha value is -1.90. The Morgan fingerprint density at radius 2 is 1.96 bits per heavy atom. The Morgan fingerprint density at radius 1 is 1.19 bits per heavy atom. The van der Waals surface area contributed by atoms with Gasteiger partial charge in [0.1, 0.15) is 0 Å². The minimum atomic E-state index is -3.37. The average Bonchev–Trinajstić information content (AvgIpc) is 3.18. The highest BCUT2D eigenvalue weighted by atomic mass is 32.2. The zero-order chi connectivity index (χ0) is 19.5. The predicted octanol–water partition coefficient (Wildman–Crippen LogP) is 2.31. The highest BCUT2D eigenvalue weighted by Gasteiger charge is 2.11. The molecule has 148 valence electrons. The van der Waals surface area contributed by atoms with E-state index in [9.17, 15) is 8.42 Å². The normalized spacial score (nSPS) is 12.1. The van der Waals surface area contributed by atoms with Gasteiger partial charge in [-0.2, -0.15) is 0 Å². The molecule has 0 unspecified atom stereocenters. The number of nitrogens with zero attached hydrogens (tertiary/aromatic N) is 2. The van der Waals surface area contributed by atoms with Gasteiger partial charge in [0.15, 0.2) is 5.96 Å². The molecule has 27 heavy (non-hydrogen) atoms. The van der Waals surface area contributed by atoms with Crippen molar-refractivity contribution in [3.63, 3.8) is 0 Å². The summed E-state index contributed by atoms with van der Waals surface area (Å²) in [6.45, 7) is 4.08. The lowest BCUT2D eigenvalue weighted by Gasteiger charge is -2.21. The molecule has 0 aliphatic heterocycles. The number of rotatable bonds is 10. The van der Waals surface area contributed by atoms with Gasteiger partial charge in [-0.05, 0) is 30.4 Å². The Labute approximate surface area is 166 Å². The lowest BCUT2D eigenvalue weighted by molar-refractivity contribution is 0.487. The van der Waals surface area contributed by atoms with Crippen LogP contribution < -0.4 is 10.0 Å². The predicted molar refractivity (Wildman–Crippen MR) is 114 cm³/mol. The summed E-state index contributed by atoms with van der Waals surface area (Å²) in [5, 5.41) is 5.29. The molecule has 6 nitrogen and oxygen atoms in total. The van der Waals surface area contributed by atoms with Crippen molar-refractivity contribution in [2.45, 2.75) is 19.9 Å². The largest absolute Gasteiger partial charge is 0.357 e. The summed E-state index contributed by atoms with van der Waals surface area (Å²) in [4.78, 5) is 7.83. The summed E-state index contributed by atoms with van der Waals surface area (Å²) in [7, 11) is -1.40. The number of aliphatic imine (C=N–C) groups is 1. The van der Waals surface area contributed by atoms with Crippen LogP contribution in [-0.2, 0) is 23.0 Å². The van der Waals surface area contributed by atoms with Crippen molar-refractivity contribution in [2.75, 3.05) is 32.4 Å². The van der Waals surface area contributed by atoms with Gasteiger partial charge in [0, 0.05) is 31.6 Å². The Morgan fingerprint density at radius 3 is 2.63 bits per heavy atom. The van der Waals surface area contributed by atoms with Crippen LogP contribution in [-0.4, -0.2) is 51.7 Å². The van der Waals surface area contributed by atoms with E-state index in [1.165, 1.54) is 4.88 Å². The molecule has 1 aromatic carbocycles. The topological polar surface area (TPSA) is 73.8 Å². The van der Waals surface area contributed by atoms with Crippen LogP contribution in [0.2, 0.25) is 0 Å². The van der Waals surface area contributed by atoms with Crippen molar-refractivity contribution in [1.29, 1.82) is 0 Å². The maximum Gasteiger partial charge on any atom is 0.213 e.